The number of nitrogens with two attached hydrogens (primary N) is 1. The Morgan fingerprint density at radius 3 is 2.88 bits per heavy atom. The lowest BCUT2D eigenvalue weighted by Gasteiger charge is -2.40. The molecule has 0 saturated carbocycles. The summed E-state index contributed by atoms with van der Waals surface area (Å²) in [4.78, 5) is 2.48. The van der Waals surface area contributed by atoms with Gasteiger partial charge in [-0.25, -0.2) is 0 Å². The summed E-state index contributed by atoms with van der Waals surface area (Å²) in [6, 6.07) is 6.73. The molecule has 2 unspecified atom stereocenters. The Bertz CT molecular complexity index is 392. The highest BCUT2D eigenvalue weighted by Gasteiger charge is 2.30. The van der Waals surface area contributed by atoms with Crippen LogP contribution in [0.3, 0.4) is 0 Å². The van der Waals surface area contributed by atoms with Gasteiger partial charge in [-0.3, -0.25) is 4.90 Å². The van der Waals surface area contributed by atoms with Crippen LogP contribution in [0.5, 0.6) is 0 Å². The molecule has 0 aromatic heterocycles. The van der Waals surface area contributed by atoms with Crippen molar-refractivity contribution in [3.05, 3.63) is 34.3 Å². The number of likely N-dealkylation sites (tertiary alicyclic amines) is 1. The Labute approximate surface area is 109 Å². The van der Waals surface area contributed by atoms with E-state index in [-0.39, 0.29) is 6.04 Å². The fourth-order valence-corrected chi connectivity index (χ4v) is 3.08. The van der Waals surface area contributed by atoms with Gasteiger partial charge in [0.1, 0.15) is 0 Å². The first-order chi connectivity index (χ1) is 8.13. The number of hydrogen-bond acceptors (Lipinski definition) is 2. The number of halogens is 1. The molecule has 1 aromatic rings. The molecular formula is C14H21ClN2. The van der Waals surface area contributed by atoms with E-state index in [1.165, 1.54) is 17.5 Å². The van der Waals surface area contributed by atoms with Crippen molar-refractivity contribution in [3.63, 3.8) is 0 Å². The van der Waals surface area contributed by atoms with Gasteiger partial charge in [0.2, 0.25) is 0 Å². The van der Waals surface area contributed by atoms with Gasteiger partial charge in [0.05, 0.1) is 6.04 Å². The van der Waals surface area contributed by atoms with Crippen LogP contribution in [0.25, 0.3) is 0 Å². The van der Waals surface area contributed by atoms with E-state index >= 15 is 0 Å². The van der Waals surface area contributed by atoms with Crippen molar-refractivity contribution in [1.29, 1.82) is 0 Å². The number of nitrogens with zero attached hydrogens (tertiary/aromatic N) is 1. The van der Waals surface area contributed by atoms with Crippen molar-refractivity contribution in [2.24, 2.45) is 5.73 Å². The van der Waals surface area contributed by atoms with E-state index in [1.54, 1.807) is 0 Å². The Hall–Kier alpha value is -0.570. The maximum Gasteiger partial charge on any atom is 0.0501 e. The van der Waals surface area contributed by atoms with Crippen molar-refractivity contribution in [3.8, 4) is 0 Å². The minimum atomic E-state index is 0.239. The van der Waals surface area contributed by atoms with Crippen LogP contribution in [0.15, 0.2) is 18.2 Å². The second-order valence-corrected chi connectivity index (χ2v) is 5.32. The number of benzene rings is 1. The Kier molecular flexibility index (Phi) is 4.08. The van der Waals surface area contributed by atoms with E-state index in [2.05, 4.69) is 24.8 Å². The Balaban J connectivity index is 2.34. The second-order valence-electron chi connectivity index (χ2n) is 4.88. The van der Waals surface area contributed by atoms with E-state index in [0.717, 1.165) is 24.5 Å². The highest BCUT2D eigenvalue weighted by Crippen LogP contribution is 2.32. The van der Waals surface area contributed by atoms with Crippen LogP contribution in [0, 0.1) is 6.92 Å². The first kappa shape index (κ1) is 12.9. The molecule has 0 spiro atoms. The molecule has 0 aliphatic carbocycles. The third-order valence-electron chi connectivity index (χ3n) is 3.74. The topological polar surface area (TPSA) is 29.3 Å². The summed E-state index contributed by atoms with van der Waals surface area (Å²) in [6.07, 6.45) is 2.32. The predicted molar refractivity (Wildman–Crippen MR) is 73.4 cm³/mol. The quantitative estimate of drug-likeness (QED) is 0.876. The molecule has 1 aliphatic heterocycles. The maximum atomic E-state index is 6.31. The van der Waals surface area contributed by atoms with E-state index in [9.17, 15) is 0 Å². The predicted octanol–water partition coefficient (Wildman–Crippen LogP) is 3.13. The molecule has 2 atom stereocenters. The van der Waals surface area contributed by atoms with Crippen LogP contribution in [-0.2, 0) is 0 Å². The van der Waals surface area contributed by atoms with E-state index in [0.29, 0.717) is 6.04 Å². The standard InChI is InChI=1S/C14H21ClN2/c1-3-17-8-4-5-13(16)14(17)12-7-6-11(15)9-10(12)2/h6-7,9,13-14H,3-5,8,16H2,1-2H3. The van der Waals surface area contributed by atoms with Crippen LogP contribution in [-0.4, -0.2) is 24.0 Å². The van der Waals surface area contributed by atoms with Gasteiger partial charge >= 0.3 is 0 Å². The summed E-state index contributed by atoms with van der Waals surface area (Å²) in [5.74, 6) is 0. The van der Waals surface area contributed by atoms with E-state index < -0.39 is 0 Å². The fraction of sp³-hybridized carbons (Fsp3) is 0.571. The van der Waals surface area contributed by atoms with Gasteiger partial charge in [-0.15, -0.1) is 0 Å². The molecule has 1 fully saturated rings. The van der Waals surface area contributed by atoms with Gasteiger partial charge in [0, 0.05) is 11.1 Å². The molecule has 2 nitrogen and oxygen atoms in total. The summed E-state index contributed by atoms with van der Waals surface area (Å²) >= 11 is 6.02. The molecule has 1 aromatic carbocycles. The SMILES string of the molecule is CCN1CCCC(N)C1c1ccc(Cl)cc1C. The molecule has 2 rings (SSSR count). The molecule has 0 bridgehead atoms. The first-order valence-corrected chi connectivity index (χ1v) is 6.77. The number of rotatable bonds is 2. The summed E-state index contributed by atoms with van der Waals surface area (Å²) in [5, 5.41) is 0.804. The molecule has 1 saturated heterocycles. The van der Waals surface area contributed by atoms with Crippen molar-refractivity contribution < 1.29 is 0 Å². The van der Waals surface area contributed by atoms with Crippen LogP contribution in [0.1, 0.15) is 36.9 Å². The number of hydrogen-bond donors (Lipinski definition) is 1. The van der Waals surface area contributed by atoms with Crippen molar-refractivity contribution in [2.75, 3.05) is 13.1 Å². The average molecular weight is 253 g/mol. The zero-order chi connectivity index (χ0) is 12.4. The zero-order valence-electron chi connectivity index (χ0n) is 10.6. The lowest BCUT2D eigenvalue weighted by Crippen LogP contribution is -2.45. The van der Waals surface area contributed by atoms with Gasteiger partial charge in [0.15, 0.2) is 0 Å². The lowest BCUT2D eigenvalue weighted by molar-refractivity contribution is 0.135. The average Bonchev–Trinajstić information content (AvgIpc) is 2.30. The molecular weight excluding hydrogens is 232 g/mol. The fourth-order valence-electron chi connectivity index (χ4n) is 2.85. The largest absolute Gasteiger partial charge is 0.326 e. The summed E-state index contributed by atoms with van der Waals surface area (Å²) in [6.45, 7) is 6.53. The molecule has 2 N–H and O–H groups in total. The molecule has 1 aliphatic rings. The van der Waals surface area contributed by atoms with Crippen molar-refractivity contribution in [2.45, 2.75) is 38.8 Å². The maximum absolute atomic E-state index is 6.31. The molecule has 0 amide bonds. The van der Waals surface area contributed by atoms with Gasteiger partial charge < -0.3 is 5.73 Å². The second kappa shape index (κ2) is 5.38. The molecule has 3 heteroatoms. The smallest absolute Gasteiger partial charge is 0.0501 e. The summed E-state index contributed by atoms with van der Waals surface area (Å²) in [7, 11) is 0. The number of piperidine rings is 1. The summed E-state index contributed by atoms with van der Waals surface area (Å²) in [5.41, 5.74) is 8.89. The third kappa shape index (κ3) is 2.65. The summed E-state index contributed by atoms with van der Waals surface area (Å²) < 4.78 is 0. The van der Waals surface area contributed by atoms with Crippen LogP contribution in [0.4, 0.5) is 0 Å². The Morgan fingerprint density at radius 2 is 2.24 bits per heavy atom. The van der Waals surface area contributed by atoms with Crippen LogP contribution in [0.2, 0.25) is 5.02 Å². The van der Waals surface area contributed by atoms with Crippen molar-refractivity contribution in [1.82, 2.24) is 4.90 Å². The van der Waals surface area contributed by atoms with Gasteiger partial charge in [-0.05, 0) is 56.1 Å². The minimum absolute atomic E-state index is 0.239. The highest BCUT2D eigenvalue weighted by atomic mass is 35.5. The van der Waals surface area contributed by atoms with E-state index in [1.807, 2.05) is 12.1 Å². The Morgan fingerprint density at radius 1 is 1.47 bits per heavy atom. The monoisotopic (exact) mass is 252 g/mol. The molecule has 1 heterocycles. The minimum Gasteiger partial charge on any atom is -0.326 e. The molecule has 94 valence electrons. The normalized spacial score (nSPS) is 26.1. The lowest BCUT2D eigenvalue weighted by atomic mass is 9.88. The number of likely N-dealkylation sites (N-methyl/N-ethyl adjacent to an activating group) is 1. The first-order valence-electron chi connectivity index (χ1n) is 6.39. The van der Waals surface area contributed by atoms with Gasteiger partial charge in [-0.1, -0.05) is 24.6 Å². The number of aryl methyl sites for hydroxylation is 1. The highest BCUT2D eigenvalue weighted by molar-refractivity contribution is 6.30. The van der Waals surface area contributed by atoms with Crippen LogP contribution < -0.4 is 5.73 Å². The zero-order valence-corrected chi connectivity index (χ0v) is 11.4. The molecule has 0 radical (unpaired) electrons. The van der Waals surface area contributed by atoms with Crippen molar-refractivity contribution >= 4 is 11.6 Å². The third-order valence-corrected chi connectivity index (χ3v) is 3.97. The van der Waals surface area contributed by atoms with Gasteiger partial charge in [0.25, 0.3) is 0 Å². The molecule has 17 heavy (non-hydrogen) atoms. The van der Waals surface area contributed by atoms with Crippen LogP contribution >= 0.6 is 11.6 Å². The van der Waals surface area contributed by atoms with Gasteiger partial charge in [-0.2, -0.15) is 0 Å². The van der Waals surface area contributed by atoms with E-state index in [4.69, 9.17) is 17.3 Å².